The lowest BCUT2D eigenvalue weighted by Gasteiger charge is -2.22. The Labute approximate surface area is 273 Å². The minimum atomic E-state index is -0.435. The molecule has 0 aliphatic heterocycles. The molecule has 0 amide bonds. The molecule has 4 fully saturated rings. The zero-order chi connectivity index (χ0) is 31.2. The van der Waals surface area contributed by atoms with Crippen LogP contribution in [0, 0.1) is 23.7 Å². The molecule has 6 aliphatic carbocycles. The molecule has 45 heavy (non-hydrogen) atoms. The molecule has 4 unspecified atom stereocenters. The standard InChI is InChI=1S/C36H34N2O4S3/c1-35(2)21(37-25-27(39)15-9-5-6-10-16(15)28(25)40)13-19-23(35)31-33(43-19)34-32(45-31)24-20(44-34)14-22(36(24,3)4)38-26-29(41)17-11-7-8-12-18(17)30(26)42/h13-18H,5-12H2,1-4H3. The van der Waals surface area contributed by atoms with Crippen LogP contribution in [0.15, 0.2) is 21.4 Å². The Morgan fingerprint density at radius 2 is 0.867 bits per heavy atom. The van der Waals surface area contributed by atoms with E-state index in [9.17, 15) is 19.2 Å². The molecule has 3 heterocycles. The number of thiophene rings is 3. The van der Waals surface area contributed by atoms with E-state index in [1.807, 2.05) is 0 Å². The summed E-state index contributed by atoms with van der Waals surface area (Å²) in [4.78, 5) is 65.0. The van der Waals surface area contributed by atoms with Crippen molar-refractivity contribution in [1.82, 2.24) is 0 Å². The second kappa shape index (κ2) is 9.35. The Morgan fingerprint density at radius 3 is 1.20 bits per heavy atom. The number of rotatable bonds is 2. The smallest absolute Gasteiger partial charge is 0.188 e. The largest absolute Gasteiger partial charge is 0.292 e. The summed E-state index contributed by atoms with van der Waals surface area (Å²) in [6, 6.07) is 0. The van der Waals surface area contributed by atoms with Crippen molar-refractivity contribution in [3.63, 3.8) is 0 Å². The molecule has 0 aromatic carbocycles. The molecule has 6 nitrogen and oxygen atoms in total. The summed E-state index contributed by atoms with van der Waals surface area (Å²) in [7, 11) is 0. The summed E-state index contributed by atoms with van der Waals surface area (Å²) >= 11 is 5.35. The van der Waals surface area contributed by atoms with Crippen molar-refractivity contribution in [2.75, 3.05) is 0 Å². The summed E-state index contributed by atoms with van der Waals surface area (Å²) in [5.74, 6) is -0.922. The molecule has 9 rings (SSSR count). The second-order valence-electron chi connectivity index (χ2n) is 14.8. The van der Waals surface area contributed by atoms with Crippen LogP contribution in [0.1, 0.15) is 99.9 Å². The van der Waals surface area contributed by atoms with E-state index in [1.165, 1.54) is 29.9 Å². The number of aliphatic imine (C=N–C) groups is 2. The van der Waals surface area contributed by atoms with Gasteiger partial charge in [-0.1, -0.05) is 53.4 Å². The molecule has 0 saturated heterocycles. The fraction of sp³-hybridized carbons (Fsp3) is 0.500. The molecule has 230 valence electrons. The van der Waals surface area contributed by atoms with Crippen molar-refractivity contribution < 1.29 is 19.2 Å². The maximum Gasteiger partial charge on any atom is 0.188 e. The average molecular weight is 655 g/mol. The molecule has 0 bridgehead atoms. The number of ketones is 4. The van der Waals surface area contributed by atoms with Gasteiger partial charge < -0.3 is 0 Å². The fourth-order valence-electron chi connectivity index (χ4n) is 8.98. The van der Waals surface area contributed by atoms with Crippen LogP contribution in [0.25, 0.3) is 31.0 Å². The maximum absolute atomic E-state index is 13.2. The number of hydrogen-bond donors (Lipinski definition) is 0. The average Bonchev–Trinajstić information content (AvgIpc) is 3.83. The summed E-state index contributed by atoms with van der Waals surface area (Å²) in [6.07, 6.45) is 11.4. The van der Waals surface area contributed by atoms with Gasteiger partial charge in [-0.05, 0) is 49.0 Å². The minimum Gasteiger partial charge on any atom is -0.292 e. The molecule has 0 radical (unpaired) electrons. The van der Waals surface area contributed by atoms with Crippen molar-refractivity contribution in [2.24, 2.45) is 33.7 Å². The van der Waals surface area contributed by atoms with Crippen molar-refractivity contribution >= 4 is 99.5 Å². The van der Waals surface area contributed by atoms with Gasteiger partial charge in [0.25, 0.3) is 0 Å². The Hall–Kier alpha value is -2.88. The highest BCUT2D eigenvalue weighted by molar-refractivity contribution is 7.39. The van der Waals surface area contributed by atoms with E-state index in [4.69, 9.17) is 9.98 Å². The number of hydrogen-bond acceptors (Lipinski definition) is 9. The quantitative estimate of drug-likeness (QED) is 0.278. The topological polar surface area (TPSA) is 93.0 Å². The third-order valence-electron chi connectivity index (χ3n) is 11.5. The zero-order valence-corrected chi connectivity index (χ0v) is 28.3. The third-order valence-corrected chi connectivity index (χ3v) is 15.5. The Balaban J connectivity index is 1.09. The molecule has 4 atom stereocenters. The van der Waals surface area contributed by atoms with Crippen LogP contribution in [0.5, 0.6) is 0 Å². The maximum atomic E-state index is 13.2. The predicted molar refractivity (Wildman–Crippen MR) is 183 cm³/mol. The lowest BCUT2D eigenvalue weighted by molar-refractivity contribution is -0.120. The summed E-state index contributed by atoms with van der Waals surface area (Å²) in [6.45, 7) is 8.62. The van der Waals surface area contributed by atoms with Crippen LogP contribution in [-0.4, -0.2) is 34.6 Å². The number of Topliss-reactive ketones (excluding diaryl/α,β-unsaturated/α-hetero) is 4. The van der Waals surface area contributed by atoms with E-state index < -0.39 is 10.8 Å². The van der Waals surface area contributed by atoms with Crippen LogP contribution >= 0.6 is 34.0 Å². The fourth-order valence-corrected chi connectivity index (χ4v) is 14.0. The first-order valence-electron chi connectivity index (χ1n) is 16.3. The van der Waals surface area contributed by atoms with Gasteiger partial charge >= 0.3 is 0 Å². The normalized spacial score (nSPS) is 29.8. The van der Waals surface area contributed by atoms with Crippen molar-refractivity contribution in [2.45, 2.75) is 89.9 Å². The summed E-state index contributed by atoms with van der Waals surface area (Å²) in [5.41, 5.74) is 3.53. The molecule has 0 spiro atoms. The van der Waals surface area contributed by atoms with Gasteiger partial charge in [-0.25, -0.2) is 9.98 Å². The number of carbonyl (C=O) groups is 4. The minimum absolute atomic E-state index is 0.0529. The molecular formula is C36H34N2O4S3. The SMILES string of the molecule is CC1(C)C(N=C2C(=O)C3CCCCC3C2=O)=Cc2sc3c(sc4c5c(sc43)C=C(N=C3C(=O)C4CCCCC4C3=O)C5(C)C)c21. The lowest BCUT2D eigenvalue weighted by atomic mass is 9.81. The van der Waals surface area contributed by atoms with Crippen LogP contribution in [-0.2, 0) is 30.0 Å². The molecule has 3 aromatic heterocycles. The van der Waals surface area contributed by atoms with Gasteiger partial charge in [0.2, 0.25) is 0 Å². The number of fused-ring (bicyclic) bond motifs is 9. The van der Waals surface area contributed by atoms with E-state index in [1.54, 1.807) is 34.0 Å². The highest BCUT2D eigenvalue weighted by atomic mass is 32.1. The molecule has 6 aliphatic rings. The van der Waals surface area contributed by atoms with Gasteiger partial charge in [0.1, 0.15) is 11.4 Å². The predicted octanol–water partition coefficient (Wildman–Crippen LogP) is 8.24. The third kappa shape index (κ3) is 3.66. The second-order valence-corrected chi connectivity index (χ2v) is 17.9. The molecule has 4 saturated carbocycles. The van der Waals surface area contributed by atoms with Gasteiger partial charge in [0.15, 0.2) is 23.1 Å². The number of allylic oxidation sites excluding steroid dienone is 2. The van der Waals surface area contributed by atoms with E-state index in [0.29, 0.717) is 0 Å². The van der Waals surface area contributed by atoms with Crippen LogP contribution in [0.2, 0.25) is 0 Å². The van der Waals surface area contributed by atoms with Gasteiger partial charge in [-0.2, -0.15) is 0 Å². The first kappa shape index (κ1) is 28.4. The van der Waals surface area contributed by atoms with Gasteiger partial charge in [-0.15, -0.1) is 34.0 Å². The Kier molecular flexibility index (Phi) is 5.89. The van der Waals surface area contributed by atoms with Gasteiger partial charge in [0, 0.05) is 44.3 Å². The van der Waals surface area contributed by atoms with Crippen LogP contribution < -0.4 is 0 Å². The monoisotopic (exact) mass is 654 g/mol. The van der Waals surface area contributed by atoms with Crippen molar-refractivity contribution in [1.29, 1.82) is 0 Å². The van der Waals surface area contributed by atoms with Crippen LogP contribution in [0.4, 0.5) is 0 Å². The molecule has 0 N–H and O–H groups in total. The Morgan fingerprint density at radius 1 is 0.533 bits per heavy atom. The highest BCUT2D eigenvalue weighted by Gasteiger charge is 2.50. The summed E-state index contributed by atoms with van der Waals surface area (Å²) < 4.78 is 5.04. The van der Waals surface area contributed by atoms with E-state index in [-0.39, 0.29) is 58.2 Å². The van der Waals surface area contributed by atoms with Gasteiger partial charge in [-0.3, -0.25) is 19.2 Å². The molecule has 9 heteroatoms. The van der Waals surface area contributed by atoms with E-state index >= 15 is 0 Å². The summed E-state index contributed by atoms with van der Waals surface area (Å²) in [5, 5.41) is 0. The Bertz CT molecular complexity index is 1880. The van der Waals surface area contributed by atoms with Crippen molar-refractivity contribution in [3.05, 3.63) is 32.3 Å². The highest BCUT2D eigenvalue weighted by Crippen LogP contribution is 2.59. The van der Waals surface area contributed by atoms with E-state index in [0.717, 1.165) is 72.5 Å². The van der Waals surface area contributed by atoms with Gasteiger partial charge in [0.05, 0.1) is 30.2 Å². The first-order valence-corrected chi connectivity index (χ1v) is 18.7. The molecule has 3 aromatic rings. The number of nitrogens with zero attached hydrogens (tertiary/aromatic N) is 2. The van der Waals surface area contributed by atoms with Crippen molar-refractivity contribution in [3.8, 4) is 0 Å². The lowest BCUT2D eigenvalue weighted by Crippen LogP contribution is -2.21. The van der Waals surface area contributed by atoms with E-state index in [2.05, 4.69) is 39.8 Å². The first-order chi connectivity index (χ1) is 21.5. The molecular weight excluding hydrogens is 621 g/mol. The number of carbonyl (C=O) groups excluding carboxylic acids is 4. The zero-order valence-electron chi connectivity index (χ0n) is 25.9. The van der Waals surface area contributed by atoms with Crippen LogP contribution in [0.3, 0.4) is 0 Å².